The van der Waals surface area contributed by atoms with Crippen molar-refractivity contribution < 1.29 is 14.3 Å². The van der Waals surface area contributed by atoms with Crippen LogP contribution in [-0.4, -0.2) is 29.2 Å². The van der Waals surface area contributed by atoms with Gasteiger partial charge in [0.15, 0.2) is 0 Å². The summed E-state index contributed by atoms with van der Waals surface area (Å²) >= 11 is 0. The number of nitrogens with zero attached hydrogens (tertiary/aromatic N) is 1. The molecule has 6 nitrogen and oxygen atoms in total. The average Bonchev–Trinajstić information content (AvgIpc) is 2.87. The van der Waals surface area contributed by atoms with Gasteiger partial charge in [-0.2, -0.15) is 0 Å². The van der Waals surface area contributed by atoms with Gasteiger partial charge in [0.05, 0.1) is 6.54 Å². The first kappa shape index (κ1) is 18.0. The number of aliphatic hydroxyl groups is 1. The Morgan fingerprint density at radius 3 is 2.62 bits per heavy atom. The summed E-state index contributed by atoms with van der Waals surface area (Å²) in [5, 5.41) is 16.0. The molecule has 0 aromatic carbocycles. The van der Waals surface area contributed by atoms with E-state index in [9.17, 15) is 9.90 Å². The molecular weight excluding hydrogens is 306 g/mol. The Balaban J connectivity index is 1.78. The molecule has 3 N–H and O–H groups in total. The molecule has 0 saturated heterocycles. The van der Waals surface area contributed by atoms with E-state index in [0.717, 1.165) is 17.0 Å². The largest absolute Gasteiger partial charge is 0.466 e. The van der Waals surface area contributed by atoms with Crippen LogP contribution in [0.2, 0.25) is 0 Å². The summed E-state index contributed by atoms with van der Waals surface area (Å²) in [6.07, 6.45) is 2.51. The summed E-state index contributed by atoms with van der Waals surface area (Å²) in [6.45, 7) is 7.82. The molecule has 2 heterocycles. The van der Waals surface area contributed by atoms with Crippen molar-refractivity contribution in [1.29, 1.82) is 0 Å². The maximum Gasteiger partial charge on any atom is 0.314 e. The number of aromatic nitrogens is 1. The first-order chi connectivity index (χ1) is 11.3. The molecule has 0 saturated carbocycles. The number of carbonyl (C=O) groups is 1. The monoisotopic (exact) mass is 331 g/mol. The van der Waals surface area contributed by atoms with Crippen LogP contribution in [0, 0.1) is 20.8 Å². The molecule has 0 aliphatic heterocycles. The fourth-order valence-corrected chi connectivity index (χ4v) is 2.54. The molecule has 2 aromatic rings. The molecule has 0 aliphatic carbocycles. The third-order valence-electron chi connectivity index (χ3n) is 3.89. The highest BCUT2D eigenvalue weighted by Crippen LogP contribution is 2.26. The Morgan fingerprint density at radius 1 is 1.29 bits per heavy atom. The third-order valence-corrected chi connectivity index (χ3v) is 3.89. The van der Waals surface area contributed by atoms with Crippen molar-refractivity contribution in [2.24, 2.45) is 0 Å². The highest BCUT2D eigenvalue weighted by atomic mass is 16.3. The Labute approximate surface area is 142 Å². The second-order valence-electron chi connectivity index (χ2n) is 6.27. The normalized spacial score (nSPS) is 13.4. The van der Waals surface area contributed by atoms with Crippen LogP contribution in [0.15, 0.2) is 28.8 Å². The number of furan rings is 1. The molecule has 2 aromatic heterocycles. The van der Waals surface area contributed by atoms with Crippen molar-refractivity contribution in [1.82, 2.24) is 15.6 Å². The first-order valence-electron chi connectivity index (χ1n) is 8.01. The molecule has 1 atom stereocenters. The molecule has 0 fully saturated rings. The number of pyridine rings is 1. The zero-order valence-corrected chi connectivity index (χ0v) is 14.6. The quantitative estimate of drug-likeness (QED) is 0.758. The Bertz CT molecular complexity index is 690. The summed E-state index contributed by atoms with van der Waals surface area (Å²) < 4.78 is 5.44. The van der Waals surface area contributed by atoms with Gasteiger partial charge >= 0.3 is 6.03 Å². The minimum atomic E-state index is -1.18. The molecule has 2 rings (SSSR count). The van der Waals surface area contributed by atoms with Crippen LogP contribution >= 0.6 is 0 Å². The molecule has 2 amide bonds. The van der Waals surface area contributed by atoms with E-state index in [1.807, 2.05) is 32.2 Å². The molecule has 130 valence electrons. The topological polar surface area (TPSA) is 87.4 Å². The van der Waals surface area contributed by atoms with Gasteiger partial charge in [0, 0.05) is 24.0 Å². The molecule has 0 bridgehead atoms. The molecule has 0 aliphatic rings. The van der Waals surface area contributed by atoms with Gasteiger partial charge in [-0.25, -0.2) is 4.79 Å². The molecule has 0 spiro atoms. The lowest BCUT2D eigenvalue weighted by molar-refractivity contribution is 0.0579. The van der Waals surface area contributed by atoms with Gasteiger partial charge in [-0.05, 0) is 51.8 Å². The van der Waals surface area contributed by atoms with Crippen LogP contribution in [0.1, 0.15) is 35.3 Å². The van der Waals surface area contributed by atoms with Crippen molar-refractivity contribution in [3.05, 3.63) is 52.7 Å². The number of hydrogen-bond donors (Lipinski definition) is 3. The van der Waals surface area contributed by atoms with Crippen LogP contribution in [0.5, 0.6) is 0 Å². The molecule has 0 unspecified atom stereocenters. The van der Waals surface area contributed by atoms with E-state index < -0.39 is 5.60 Å². The average molecular weight is 331 g/mol. The summed E-state index contributed by atoms with van der Waals surface area (Å²) in [6, 6.07) is 5.42. The minimum Gasteiger partial charge on any atom is -0.466 e. The van der Waals surface area contributed by atoms with Crippen molar-refractivity contribution in [2.75, 3.05) is 13.1 Å². The summed E-state index contributed by atoms with van der Waals surface area (Å²) in [4.78, 5) is 16.1. The van der Waals surface area contributed by atoms with Crippen molar-refractivity contribution in [3.8, 4) is 0 Å². The summed E-state index contributed by atoms with van der Waals surface area (Å²) in [5.41, 5.74) is 1.54. The zero-order chi connectivity index (χ0) is 17.7. The Kier molecular flexibility index (Phi) is 5.62. The number of nitrogens with one attached hydrogen (secondary N) is 2. The molecular formula is C18H25N3O3. The van der Waals surface area contributed by atoms with Gasteiger partial charge in [-0.15, -0.1) is 0 Å². The van der Waals surface area contributed by atoms with Gasteiger partial charge in [0.1, 0.15) is 17.1 Å². The SMILES string of the molecule is Cc1ccc(CCNC(=O)NC[C@](C)(O)c2cc(C)oc2C)cn1. The molecule has 24 heavy (non-hydrogen) atoms. The fourth-order valence-electron chi connectivity index (χ4n) is 2.54. The smallest absolute Gasteiger partial charge is 0.314 e. The van der Waals surface area contributed by atoms with Crippen molar-refractivity contribution in [2.45, 2.75) is 39.7 Å². The number of amides is 2. The lowest BCUT2D eigenvalue weighted by atomic mass is 9.96. The lowest BCUT2D eigenvalue weighted by Crippen LogP contribution is -2.44. The van der Waals surface area contributed by atoms with Gasteiger partial charge in [-0.3, -0.25) is 4.98 Å². The Hall–Kier alpha value is -2.34. The third kappa shape index (κ3) is 4.83. The van der Waals surface area contributed by atoms with Gasteiger partial charge < -0.3 is 20.2 Å². The number of aryl methyl sites for hydroxylation is 3. The predicted molar refractivity (Wildman–Crippen MR) is 91.8 cm³/mol. The second kappa shape index (κ2) is 7.49. The van der Waals surface area contributed by atoms with E-state index in [2.05, 4.69) is 15.6 Å². The molecule has 0 radical (unpaired) electrons. The summed E-state index contributed by atoms with van der Waals surface area (Å²) in [5.74, 6) is 1.39. The first-order valence-corrected chi connectivity index (χ1v) is 8.01. The van der Waals surface area contributed by atoms with Crippen molar-refractivity contribution >= 4 is 6.03 Å². The highest BCUT2D eigenvalue weighted by molar-refractivity contribution is 5.73. The number of carbonyl (C=O) groups excluding carboxylic acids is 1. The van der Waals surface area contributed by atoms with E-state index in [1.165, 1.54) is 0 Å². The van der Waals surface area contributed by atoms with E-state index in [1.54, 1.807) is 19.9 Å². The van der Waals surface area contributed by atoms with Gasteiger partial charge in [-0.1, -0.05) is 6.07 Å². The number of hydrogen-bond acceptors (Lipinski definition) is 4. The maximum atomic E-state index is 11.9. The predicted octanol–water partition coefficient (Wildman–Crippen LogP) is 2.35. The minimum absolute atomic E-state index is 0.102. The van der Waals surface area contributed by atoms with Crippen LogP contribution in [0.3, 0.4) is 0 Å². The van der Waals surface area contributed by atoms with Crippen LogP contribution in [0.25, 0.3) is 0 Å². The van der Waals surface area contributed by atoms with E-state index in [-0.39, 0.29) is 12.6 Å². The molecule has 6 heteroatoms. The van der Waals surface area contributed by atoms with Gasteiger partial charge in [0.25, 0.3) is 0 Å². The van der Waals surface area contributed by atoms with Crippen LogP contribution < -0.4 is 10.6 Å². The van der Waals surface area contributed by atoms with Crippen molar-refractivity contribution in [3.63, 3.8) is 0 Å². The van der Waals surface area contributed by atoms with E-state index >= 15 is 0 Å². The van der Waals surface area contributed by atoms with E-state index in [0.29, 0.717) is 24.3 Å². The fraction of sp³-hybridized carbons (Fsp3) is 0.444. The number of rotatable bonds is 6. The second-order valence-corrected chi connectivity index (χ2v) is 6.27. The summed E-state index contributed by atoms with van der Waals surface area (Å²) in [7, 11) is 0. The lowest BCUT2D eigenvalue weighted by Gasteiger charge is -2.23. The standard InChI is InChI=1S/C18H25N3O3/c1-12-5-6-15(10-20-12)7-8-19-17(22)21-11-18(4,23)16-9-13(2)24-14(16)3/h5-6,9-10,23H,7-8,11H2,1-4H3,(H2,19,21,22)/t18-/m0/s1. The zero-order valence-electron chi connectivity index (χ0n) is 14.6. The Morgan fingerprint density at radius 2 is 2.04 bits per heavy atom. The van der Waals surface area contributed by atoms with E-state index in [4.69, 9.17) is 4.42 Å². The number of urea groups is 1. The van der Waals surface area contributed by atoms with Gasteiger partial charge in [0.2, 0.25) is 0 Å². The van der Waals surface area contributed by atoms with Crippen LogP contribution in [0.4, 0.5) is 4.79 Å². The highest BCUT2D eigenvalue weighted by Gasteiger charge is 2.28. The maximum absolute atomic E-state index is 11.9. The van der Waals surface area contributed by atoms with Crippen LogP contribution in [-0.2, 0) is 12.0 Å².